The van der Waals surface area contributed by atoms with Crippen LogP contribution in [0.2, 0.25) is 0 Å². The maximum atomic E-state index is 12.2. The Labute approximate surface area is 127 Å². The number of pyridine rings is 1. The summed E-state index contributed by atoms with van der Waals surface area (Å²) in [6.45, 7) is 0. The molecule has 0 radical (unpaired) electrons. The third-order valence-electron chi connectivity index (χ3n) is 2.44. The predicted molar refractivity (Wildman–Crippen MR) is 77.5 cm³/mol. The number of phenols is 1. The smallest absolute Gasteiger partial charge is 0.312 e. The van der Waals surface area contributed by atoms with E-state index in [-0.39, 0.29) is 10.7 Å². The molecule has 1 heterocycles. The van der Waals surface area contributed by atoms with Gasteiger partial charge in [0.25, 0.3) is 10.0 Å². The third kappa shape index (κ3) is 3.28. The topological polar surface area (TPSA) is 122 Å². The largest absolute Gasteiger partial charge is 0.502 e. The van der Waals surface area contributed by atoms with Crippen molar-refractivity contribution in [3.8, 4) is 5.75 Å². The van der Waals surface area contributed by atoms with Gasteiger partial charge in [0.2, 0.25) is 0 Å². The molecular weight excluding hydrogens is 366 g/mol. The Kier molecular flexibility index (Phi) is 4.09. The van der Waals surface area contributed by atoms with E-state index in [1.807, 2.05) is 0 Å². The molecule has 2 rings (SSSR count). The molecule has 10 heteroatoms. The van der Waals surface area contributed by atoms with Gasteiger partial charge in [0, 0.05) is 12.3 Å². The summed E-state index contributed by atoms with van der Waals surface area (Å²) in [7, 11) is -4.07. The highest BCUT2D eigenvalue weighted by Crippen LogP contribution is 2.29. The zero-order valence-electron chi connectivity index (χ0n) is 10.2. The van der Waals surface area contributed by atoms with Crippen molar-refractivity contribution < 1.29 is 18.4 Å². The Morgan fingerprint density at radius 2 is 2.05 bits per heavy atom. The molecule has 110 valence electrons. The van der Waals surface area contributed by atoms with Crippen LogP contribution in [0, 0.1) is 10.1 Å². The molecule has 0 aliphatic heterocycles. The first-order chi connectivity index (χ1) is 9.81. The number of hydrogen-bond acceptors (Lipinski definition) is 6. The van der Waals surface area contributed by atoms with E-state index in [0.717, 1.165) is 18.2 Å². The lowest BCUT2D eigenvalue weighted by Crippen LogP contribution is -2.14. The lowest BCUT2D eigenvalue weighted by molar-refractivity contribution is -0.386. The predicted octanol–water partition coefficient (Wildman–Crippen LogP) is 2.26. The van der Waals surface area contributed by atoms with Gasteiger partial charge in [-0.3, -0.25) is 14.8 Å². The molecular formula is C11H8BrN3O5S. The number of phenolic OH excluding ortho intramolecular Hbond substituents is 1. The average Bonchev–Trinajstić information content (AvgIpc) is 2.41. The van der Waals surface area contributed by atoms with Crippen LogP contribution in [0.1, 0.15) is 0 Å². The van der Waals surface area contributed by atoms with Gasteiger partial charge in [-0.1, -0.05) is 0 Å². The molecule has 0 amide bonds. The van der Waals surface area contributed by atoms with Crippen LogP contribution in [0.5, 0.6) is 5.75 Å². The second-order valence-electron chi connectivity index (χ2n) is 3.85. The fourth-order valence-electron chi connectivity index (χ4n) is 1.46. The summed E-state index contributed by atoms with van der Waals surface area (Å²) in [5, 5.41) is 20.1. The molecule has 1 aromatic heterocycles. The van der Waals surface area contributed by atoms with E-state index < -0.39 is 26.4 Å². The molecule has 0 aliphatic carbocycles. The first kappa shape index (κ1) is 15.2. The van der Waals surface area contributed by atoms with E-state index in [1.54, 1.807) is 12.1 Å². The first-order valence-corrected chi connectivity index (χ1v) is 7.69. The fraction of sp³-hybridized carbons (Fsp3) is 0. The highest BCUT2D eigenvalue weighted by atomic mass is 79.9. The Morgan fingerprint density at radius 1 is 1.33 bits per heavy atom. The molecule has 0 aliphatic rings. The maximum Gasteiger partial charge on any atom is 0.312 e. The van der Waals surface area contributed by atoms with Gasteiger partial charge in [-0.15, -0.1) is 0 Å². The number of halogens is 1. The van der Waals surface area contributed by atoms with Crippen LogP contribution in [-0.4, -0.2) is 23.4 Å². The molecule has 0 fully saturated rings. The SMILES string of the molecule is O=[N+]([O-])c1cc(S(=O)(=O)Nc2ncccc2Br)ccc1O. The standard InChI is InChI=1S/C11H8BrN3O5S/c12-8-2-1-5-13-11(8)14-21(19,20)7-3-4-10(16)9(6-7)15(17)18/h1-6,16H,(H,13,14). The van der Waals surface area contributed by atoms with Crippen molar-refractivity contribution in [3.63, 3.8) is 0 Å². The monoisotopic (exact) mass is 373 g/mol. The zero-order valence-corrected chi connectivity index (χ0v) is 12.6. The molecule has 2 N–H and O–H groups in total. The van der Waals surface area contributed by atoms with Crippen molar-refractivity contribution >= 4 is 37.5 Å². The Hall–Kier alpha value is -2.20. The van der Waals surface area contributed by atoms with Crippen LogP contribution in [-0.2, 0) is 10.0 Å². The summed E-state index contributed by atoms with van der Waals surface area (Å²) in [4.78, 5) is 13.3. The number of nitro benzene ring substituents is 1. The number of benzene rings is 1. The second-order valence-corrected chi connectivity index (χ2v) is 6.38. The third-order valence-corrected chi connectivity index (χ3v) is 4.42. The summed E-state index contributed by atoms with van der Waals surface area (Å²) < 4.78 is 26.9. The van der Waals surface area contributed by atoms with E-state index >= 15 is 0 Å². The number of nitrogens with zero attached hydrogens (tertiary/aromatic N) is 2. The van der Waals surface area contributed by atoms with Crippen molar-refractivity contribution in [1.29, 1.82) is 0 Å². The number of nitrogens with one attached hydrogen (secondary N) is 1. The van der Waals surface area contributed by atoms with E-state index in [1.165, 1.54) is 6.20 Å². The minimum Gasteiger partial charge on any atom is -0.502 e. The Bertz CT molecular complexity index is 809. The zero-order chi connectivity index (χ0) is 15.6. The second kappa shape index (κ2) is 5.66. The number of aromatic hydroxyl groups is 1. The summed E-state index contributed by atoms with van der Waals surface area (Å²) in [5.41, 5.74) is -0.696. The Balaban J connectivity index is 2.43. The van der Waals surface area contributed by atoms with E-state index in [2.05, 4.69) is 25.6 Å². The molecule has 0 bridgehead atoms. The molecule has 0 spiro atoms. The number of nitro groups is 1. The van der Waals surface area contributed by atoms with Gasteiger partial charge in [-0.2, -0.15) is 0 Å². The summed E-state index contributed by atoms with van der Waals surface area (Å²) in [5.74, 6) is -0.564. The van der Waals surface area contributed by atoms with Crippen LogP contribution in [0.25, 0.3) is 0 Å². The van der Waals surface area contributed by atoms with Gasteiger partial charge in [-0.25, -0.2) is 13.4 Å². The van der Waals surface area contributed by atoms with Crippen LogP contribution in [0.15, 0.2) is 45.9 Å². The molecule has 0 unspecified atom stereocenters. The number of sulfonamides is 1. The molecule has 1 aromatic carbocycles. The van der Waals surface area contributed by atoms with E-state index in [4.69, 9.17) is 0 Å². The van der Waals surface area contributed by atoms with Crippen molar-refractivity contribution in [2.75, 3.05) is 4.72 Å². The van der Waals surface area contributed by atoms with Crippen molar-refractivity contribution in [1.82, 2.24) is 4.98 Å². The minimum absolute atomic E-state index is 0.0493. The highest BCUT2D eigenvalue weighted by Gasteiger charge is 2.22. The van der Waals surface area contributed by atoms with Gasteiger partial charge in [0.1, 0.15) is 0 Å². The molecule has 21 heavy (non-hydrogen) atoms. The summed E-state index contributed by atoms with van der Waals surface area (Å²) >= 11 is 3.13. The van der Waals surface area contributed by atoms with Crippen LogP contribution in [0.3, 0.4) is 0 Å². The minimum atomic E-state index is -4.07. The van der Waals surface area contributed by atoms with Crippen molar-refractivity contribution in [2.24, 2.45) is 0 Å². The number of anilines is 1. The lowest BCUT2D eigenvalue weighted by atomic mass is 10.3. The average molecular weight is 374 g/mol. The summed E-state index contributed by atoms with van der Waals surface area (Å²) in [6.07, 6.45) is 1.39. The van der Waals surface area contributed by atoms with Gasteiger partial charge in [0.15, 0.2) is 11.6 Å². The normalized spacial score (nSPS) is 11.1. The van der Waals surface area contributed by atoms with Crippen LogP contribution >= 0.6 is 15.9 Å². The highest BCUT2D eigenvalue weighted by molar-refractivity contribution is 9.10. The molecule has 0 atom stereocenters. The van der Waals surface area contributed by atoms with Crippen molar-refractivity contribution in [2.45, 2.75) is 4.90 Å². The van der Waals surface area contributed by atoms with Gasteiger partial charge < -0.3 is 5.11 Å². The number of rotatable bonds is 4. The lowest BCUT2D eigenvalue weighted by Gasteiger charge is -2.08. The molecule has 2 aromatic rings. The molecule has 8 nitrogen and oxygen atoms in total. The molecule has 0 saturated heterocycles. The van der Waals surface area contributed by atoms with Gasteiger partial charge in [0.05, 0.1) is 14.3 Å². The summed E-state index contributed by atoms with van der Waals surface area (Å²) in [6, 6.07) is 5.97. The van der Waals surface area contributed by atoms with Crippen LogP contribution in [0.4, 0.5) is 11.5 Å². The number of hydrogen-bond donors (Lipinski definition) is 2. The van der Waals surface area contributed by atoms with Crippen molar-refractivity contribution in [3.05, 3.63) is 51.1 Å². The Morgan fingerprint density at radius 3 is 2.67 bits per heavy atom. The van der Waals surface area contributed by atoms with Gasteiger partial charge >= 0.3 is 5.69 Å². The molecule has 0 saturated carbocycles. The quantitative estimate of drug-likeness (QED) is 0.625. The fourth-order valence-corrected chi connectivity index (χ4v) is 3.00. The first-order valence-electron chi connectivity index (χ1n) is 5.42. The van der Waals surface area contributed by atoms with Gasteiger partial charge in [-0.05, 0) is 40.2 Å². The maximum absolute atomic E-state index is 12.2. The van der Waals surface area contributed by atoms with E-state index in [0.29, 0.717) is 4.47 Å². The van der Waals surface area contributed by atoms with Crippen LogP contribution < -0.4 is 4.72 Å². The van der Waals surface area contributed by atoms with E-state index in [9.17, 15) is 23.6 Å². The number of aromatic nitrogens is 1.